The van der Waals surface area contributed by atoms with Gasteiger partial charge in [0.1, 0.15) is 5.82 Å². The number of hydrogen-bond donors (Lipinski definition) is 2. The van der Waals surface area contributed by atoms with Crippen molar-refractivity contribution < 1.29 is 23.4 Å². The molecule has 4 nitrogen and oxygen atoms in total. The third-order valence-corrected chi connectivity index (χ3v) is 3.14. The molecule has 0 saturated heterocycles. The van der Waals surface area contributed by atoms with Gasteiger partial charge in [0.15, 0.2) is 11.6 Å². The van der Waals surface area contributed by atoms with Crippen LogP contribution in [-0.2, 0) is 0 Å². The molecule has 2 rings (SSSR count). The van der Waals surface area contributed by atoms with Crippen molar-refractivity contribution in [3.63, 3.8) is 0 Å². The lowest BCUT2D eigenvalue weighted by Crippen LogP contribution is -2.29. The Labute approximate surface area is 126 Å². The Kier molecular flexibility index (Phi) is 5.06. The maximum Gasteiger partial charge on any atom is 0.254 e. The second-order valence-corrected chi connectivity index (χ2v) is 4.60. The molecule has 2 N–H and O–H groups in total. The Morgan fingerprint density at radius 1 is 1.23 bits per heavy atom. The van der Waals surface area contributed by atoms with Crippen molar-refractivity contribution in [2.45, 2.75) is 6.10 Å². The summed E-state index contributed by atoms with van der Waals surface area (Å²) < 4.78 is 31.5. The van der Waals surface area contributed by atoms with Crippen LogP contribution in [0.1, 0.15) is 22.0 Å². The maximum atomic E-state index is 13.9. The second-order valence-electron chi connectivity index (χ2n) is 4.60. The van der Waals surface area contributed by atoms with Crippen molar-refractivity contribution in [2.75, 3.05) is 13.7 Å². The van der Waals surface area contributed by atoms with Crippen LogP contribution in [0.5, 0.6) is 5.75 Å². The van der Waals surface area contributed by atoms with E-state index in [9.17, 15) is 18.7 Å². The van der Waals surface area contributed by atoms with Crippen LogP contribution in [0.25, 0.3) is 0 Å². The Morgan fingerprint density at radius 3 is 2.55 bits per heavy atom. The fourth-order valence-corrected chi connectivity index (χ4v) is 1.93. The van der Waals surface area contributed by atoms with Crippen LogP contribution in [0.15, 0.2) is 42.5 Å². The summed E-state index contributed by atoms with van der Waals surface area (Å²) >= 11 is 0. The molecule has 0 spiro atoms. The molecule has 0 saturated carbocycles. The lowest BCUT2D eigenvalue weighted by Gasteiger charge is -2.13. The van der Waals surface area contributed by atoms with Crippen LogP contribution >= 0.6 is 0 Å². The number of carbonyl (C=O) groups excluding carboxylic acids is 1. The lowest BCUT2D eigenvalue weighted by atomic mass is 10.1. The van der Waals surface area contributed by atoms with Crippen molar-refractivity contribution in [3.05, 3.63) is 65.2 Å². The topological polar surface area (TPSA) is 58.6 Å². The Balaban J connectivity index is 2.02. The summed E-state index contributed by atoms with van der Waals surface area (Å²) in [6.45, 7) is -0.124. The van der Waals surface area contributed by atoms with Gasteiger partial charge in [-0.15, -0.1) is 0 Å². The van der Waals surface area contributed by atoms with E-state index >= 15 is 0 Å². The molecule has 0 aliphatic heterocycles. The predicted octanol–water partition coefficient (Wildman–Crippen LogP) is 2.44. The summed E-state index contributed by atoms with van der Waals surface area (Å²) in [5, 5.41) is 12.3. The molecular weight excluding hydrogens is 292 g/mol. The summed E-state index contributed by atoms with van der Waals surface area (Å²) in [5.41, 5.74) is 0.276. The number of hydrogen-bond acceptors (Lipinski definition) is 3. The van der Waals surface area contributed by atoms with Gasteiger partial charge in [-0.25, -0.2) is 8.78 Å². The number of halogens is 2. The SMILES string of the molecule is COc1cccc(C(=O)NCC(O)c2ccc(F)cc2)c1F. The summed E-state index contributed by atoms with van der Waals surface area (Å²) in [6, 6.07) is 9.46. The minimum absolute atomic E-state index is 0.0354. The first-order valence-corrected chi connectivity index (χ1v) is 6.57. The van der Waals surface area contributed by atoms with Crippen molar-refractivity contribution in [1.82, 2.24) is 5.32 Å². The van der Waals surface area contributed by atoms with E-state index in [0.29, 0.717) is 5.56 Å². The lowest BCUT2D eigenvalue weighted by molar-refractivity contribution is 0.0911. The van der Waals surface area contributed by atoms with Crippen molar-refractivity contribution in [3.8, 4) is 5.75 Å². The summed E-state index contributed by atoms with van der Waals surface area (Å²) in [5.74, 6) is -1.89. The fraction of sp³-hybridized carbons (Fsp3) is 0.188. The molecule has 0 aliphatic rings. The number of amides is 1. The van der Waals surface area contributed by atoms with E-state index in [1.165, 1.54) is 49.6 Å². The quantitative estimate of drug-likeness (QED) is 0.892. The Bertz CT molecular complexity index is 659. The average Bonchev–Trinajstić information content (AvgIpc) is 2.53. The van der Waals surface area contributed by atoms with E-state index in [4.69, 9.17) is 4.74 Å². The van der Waals surface area contributed by atoms with Gasteiger partial charge < -0.3 is 15.2 Å². The molecule has 2 aromatic rings. The number of nitrogens with one attached hydrogen (secondary N) is 1. The molecule has 0 radical (unpaired) electrons. The van der Waals surface area contributed by atoms with E-state index in [0.717, 1.165) is 0 Å². The number of rotatable bonds is 5. The van der Waals surface area contributed by atoms with Gasteiger partial charge in [-0.05, 0) is 29.8 Å². The van der Waals surface area contributed by atoms with Crippen LogP contribution < -0.4 is 10.1 Å². The highest BCUT2D eigenvalue weighted by Crippen LogP contribution is 2.20. The number of carbonyl (C=O) groups is 1. The van der Waals surface area contributed by atoms with Gasteiger partial charge in [-0.2, -0.15) is 0 Å². The molecule has 1 unspecified atom stereocenters. The van der Waals surface area contributed by atoms with Gasteiger partial charge in [-0.3, -0.25) is 4.79 Å². The number of ether oxygens (including phenoxy) is 1. The van der Waals surface area contributed by atoms with Gasteiger partial charge in [0.05, 0.1) is 18.8 Å². The number of aliphatic hydroxyl groups is 1. The Hall–Kier alpha value is -2.47. The van der Waals surface area contributed by atoms with Crippen LogP contribution in [0, 0.1) is 11.6 Å². The molecular formula is C16H15F2NO3. The number of methoxy groups -OCH3 is 1. The first-order valence-electron chi connectivity index (χ1n) is 6.57. The standard InChI is InChI=1S/C16H15F2NO3/c1-22-14-4-2-3-12(15(14)18)16(21)19-9-13(20)10-5-7-11(17)8-6-10/h2-8,13,20H,9H2,1H3,(H,19,21). The Morgan fingerprint density at radius 2 is 1.91 bits per heavy atom. The van der Waals surface area contributed by atoms with E-state index in [1.807, 2.05) is 0 Å². The molecule has 0 aromatic heterocycles. The fourth-order valence-electron chi connectivity index (χ4n) is 1.93. The maximum absolute atomic E-state index is 13.9. The van der Waals surface area contributed by atoms with Gasteiger partial charge in [0.2, 0.25) is 0 Å². The van der Waals surface area contributed by atoms with Gasteiger partial charge >= 0.3 is 0 Å². The smallest absolute Gasteiger partial charge is 0.254 e. The molecule has 116 valence electrons. The molecule has 0 aliphatic carbocycles. The molecule has 1 amide bonds. The highest BCUT2D eigenvalue weighted by atomic mass is 19.1. The molecule has 6 heteroatoms. The predicted molar refractivity (Wildman–Crippen MR) is 76.6 cm³/mol. The third kappa shape index (κ3) is 3.59. The first kappa shape index (κ1) is 15.9. The highest BCUT2D eigenvalue weighted by Gasteiger charge is 2.16. The van der Waals surface area contributed by atoms with Crippen LogP contribution in [0.4, 0.5) is 8.78 Å². The summed E-state index contributed by atoms with van der Waals surface area (Å²) in [4.78, 5) is 11.9. The zero-order chi connectivity index (χ0) is 16.1. The van der Waals surface area contributed by atoms with Crippen LogP contribution in [0.2, 0.25) is 0 Å². The molecule has 1 atom stereocenters. The zero-order valence-electron chi connectivity index (χ0n) is 11.8. The molecule has 22 heavy (non-hydrogen) atoms. The minimum Gasteiger partial charge on any atom is -0.494 e. The second kappa shape index (κ2) is 7.00. The molecule has 2 aromatic carbocycles. The van der Waals surface area contributed by atoms with Crippen molar-refractivity contribution in [2.24, 2.45) is 0 Å². The molecule has 0 fully saturated rings. The van der Waals surface area contributed by atoms with E-state index < -0.39 is 23.6 Å². The average molecular weight is 307 g/mol. The largest absolute Gasteiger partial charge is 0.494 e. The van der Waals surface area contributed by atoms with E-state index in [2.05, 4.69) is 5.32 Å². The van der Waals surface area contributed by atoms with Gasteiger partial charge in [0.25, 0.3) is 5.91 Å². The summed E-state index contributed by atoms with van der Waals surface area (Å²) in [7, 11) is 1.30. The monoisotopic (exact) mass is 307 g/mol. The zero-order valence-corrected chi connectivity index (χ0v) is 11.8. The number of aliphatic hydroxyl groups excluding tert-OH is 1. The minimum atomic E-state index is -1.02. The van der Waals surface area contributed by atoms with E-state index in [1.54, 1.807) is 0 Å². The van der Waals surface area contributed by atoms with Crippen molar-refractivity contribution in [1.29, 1.82) is 0 Å². The summed E-state index contributed by atoms with van der Waals surface area (Å²) in [6.07, 6.45) is -1.02. The van der Waals surface area contributed by atoms with Crippen molar-refractivity contribution >= 4 is 5.91 Å². The highest BCUT2D eigenvalue weighted by molar-refractivity contribution is 5.94. The van der Waals surface area contributed by atoms with Gasteiger partial charge in [0, 0.05) is 6.54 Å². The van der Waals surface area contributed by atoms with Gasteiger partial charge in [-0.1, -0.05) is 18.2 Å². The first-order chi connectivity index (χ1) is 10.5. The third-order valence-electron chi connectivity index (χ3n) is 3.14. The van der Waals surface area contributed by atoms with E-state index in [-0.39, 0.29) is 17.9 Å². The molecule has 0 bridgehead atoms. The normalized spacial score (nSPS) is 11.8. The molecule has 0 heterocycles. The van der Waals surface area contributed by atoms with Crippen LogP contribution in [0.3, 0.4) is 0 Å². The van der Waals surface area contributed by atoms with Crippen LogP contribution in [-0.4, -0.2) is 24.7 Å². The number of benzene rings is 2.